The maximum atomic E-state index is 14.2. The molecule has 4 rings (SSSR count). The van der Waals surface area contributed by atoms with Crippen molar-refractivity contribution in [3.8, 4) is 17.3 Å². The summed E-state index contributed by atoms with van der Waals surface area (Å²) < 4.78 is 17.3. The summed E-state index contributed by atoms with van der Waals surface area (Å²) >= 11 is 0. The Balaban J connectivity index is 1.72. The lowest BCUT2D eigenvalue weighted by molar-refractivity contribution is -0.00177. The molecule has 3 N–H and O–H groups in total. The van der Waals surface area contributed by atoms with Gasteiger partial charge in [-0.25, -0.2) is 13.9 Å². The molecule has 1 amide bonds. The molecule has 4 aromatic rings. The lowest BCUT2D eigenvalue weighted by Crippen LogP contribution is -2.42. The van der Waals surface area contributed by atoms with E-state index in [0.29, 0.717) is 34.0 Å². The monoisotopic (exact) mass is 477 g/mol. The zero-order chi connectivity index (χ0) is 25.3. The quantitative estimate of drug-likeness (QED) is 0.367. The molecule has 0 aliphatic rings. The number of aromatic nitrogens is 6. The summed E-state index contributed by atoms with van der Waals surface area (Å²) in [5.41, 5.74) is 1.69. The third-order valence-electron chi connectivity index (χ3n) is 5.38. The third-order valence-corrected chi connectivity index (χ3v) is 5.38. The van der Waals surface area contributed by atoms with Crippen LogP contribution >= 0.6 is 0 Å². The van der Waals surface area contributed by atoms with Crippen molar-refractivity contribution in [1.29, 1.82) is 5.26 Å². The number of carbonyl (C=O) groups is 1. The van der Waals surface area contributed by atoms with Crippen LogP contribution in [-0.4, -0.2) is 58.7 Å². The second-order valence-corrected chi connectivity index (χ2v) is 8.65. The fourth-order valence-electron chi connectivity index (χ4n) is 3.39. The summed E-state index contributed by atoms with van der Waals surface area (Å²) in [6, 6.07) is 5.49. The van der Waals surface area contributed by atoms with Gasteiger partial charge in [0, 0.05) is 25.5 Å². The highest BCUT2D eigenvalue weighted by Crippen LogP contribution is 2.28. The van der Waals surface area contributed by atoms with Gasteiger partial charge < -0.3 is 15.7 Å². The van der Waals surface area contributed by atoms with E-state index in [4.69, 9.17) is 5.26 Å². The van der Waals surface area contributed by atoms with E-state index in [1.807, 2.05) is 19.1 Å². The number of nitrogens with one attached hydrogen (secondary N) is 2. The van der Waals surface area contributed by atoms with Crippen molar-refractivity contribution in [3.63, 3.8) is 0 Å². The SMILES string of the molecule is Cc1cc(Nc2cc(-c3cnn4cc(C#N)cnc34)ncc2C(=O)NCC(F)C(C)(C)O)n(C)n1. The van der Waals surface area contributed by atoms with Crippen LogP contribution in [0.4, 0.5) is 15.9 Å². The Bertz CT molecular complexity index is 1450. The standard InChI is InChI=1S/C23H24FN9O2/c1-13-5-20(32(4)31-13)30-18-6-17(15-10-29-33-12-14(7-25)8-27-21(15)33)26-9-16(18)22(34)28-11-19(24)23(2,3)35/h5-6,8-10,12,19,35H,11H2,1-4H3,(H,26,30)(H,28,34). The first kappa shape index (κ1) is 23.8. The van der Waals surface area contributed by atoms with Gasteiger partial charge in [0.1, 0.15) is 18.1 Å². The van der Waals surface area contributed by atoms with Crippen LogP contribution < -0.4 is 10.6 Å². The molecule has 4 heterocycles. The molecular weight excluding hydrogens is 453 g/mol. The molecule has 1 unspecified atom stereocenters. The van der Waals surface area contributed by atoms with Crippen LogP contribution in [0.5, 0.6) is 0 Å². The Labute approximate surface area is 200 Å². The second-order valence-electron chi connectivity index (χ2n) is 8.65. The lowest BCUT2D eigenvalue weighted by Gasteiger charge is -2.22. The third kappa shape index (κ3) is 4.95. The van der Waals surface area contributed by atoms with E-state index in [2.05, 4.69) is 30.8 Å². The molecule has 12 heteroatoms. The van der Waals surface area contributed by atoms with Crippen molar-refractivity contribution in [2.24, 2.45) is 7.05 Å². The molecule has 0 aliphatic carbocycles. The number of alkyl halides is 1. The lowest BCUT2D eigenvalue weighted by atomic mass is 10.0. The second kappa shape index (κ2) is 9.11. The number of nitriles is 1. The maximum absolute atomic E-state index is 14.2. The average Bonchev–Trinajstić information content (AvgIpc) is 3.37. The molecule has 180 valence electrons. The number of fused-ring (bicyclic) bond motifs is 1. The summed E-state index contributed by atoms with van der Waals surface area (Å²) in [4.78, 5) is 21.7. The maximum Gasteiger partial charge on any atom is 0.255 e. The summed E-state index contributed by atoms with van der Waals surface area (Å²) in [7, 11) is 1.76. The normalized spacial score (nSPS) is 12.4. The molecule has 35 heavy (non-hydrogen) atoms. The molecule has 0 bridgehead atoms. The summed E-state index contributed by atoms with van der Waals surface area (Å²) in [5, 5.41) is 33.2. The molecule has 0 saturated heterocycles. The molecule has 0 aromatic carbocycles. The Morgan fingerprint density at radius 3 is 2.71 bits per heavy atom. The van der Waals surface area contributed by atoms with Gasteiger partial charge in [-0.1, -0.05) is 0 Å². The van der Waals surface area contributed by atoms with Gasteiger partial charge in [-0.15, -0.1) is 0 Å². The number of carbonyl (C=O) groups excluding carboxylic acids is 1. The Hall–Kier alpha value is -4.37. The number of hydrogen-bond acceptors (Lipinski definition) is 8. The van der Waals surface area contributed by atoms with E-state index in [-0.39, 0.29) is 12.1 Å². The zero-order valence-electron chi connectivity index (χ0n) is 19.6. The minimum atomic E-state index is -1.65. The van der Waals surface area contributed by atoms with Crippen LogP contribution in [0.25, 0.3) is 16.9 Å². The van der Waals surface area contributed by atoms with Gasteiger partial charge in [0.15, 0.2) is 5.65 Å². The van der Waals surface area contributed by atoms with Crippen molar-refractivity contribution in [2.45, 2.75) is 32.5 Å². The predicted octanol–water partition coefficient (Wildman–Crippen LogP) is 2.29. The van der Waals surface area contributed by atoms with Crippen LogP contribution in [0.2, 0.25) is 0 Å². The smallest absolute Gasteiger partial charge is 0.255 e. The highest BCUT2D eigenvalue weighted by Gasteiger charge is 2.27. The number of aliphatic hydroxyl groups is 1. The summed E-state index contributed by atoms with van der Waals surface area (Å²) in [6.45, 7) is 4.14. The molecule has 0 radical (unpaired) electrons. The number of amides is 1. The van der Waals surface area contributed by atoms with E-state index in [0.717, 1.165) is 5.69 Å². The predicted molar refractivity (Wildman–Crippen MR) is 126 cm³/mol. The molecule has 0 spiro atoms. The van der Waals surface area contributed by atoms with E-state index in [1.165, 1.54) is 30.8 Å². The molecule has 4 aromatic heterocycles. The molecule has 0 fully saturated rings. The number of pyridine rings is 1. The van der Waals surface area contributed by atoms with Gasteiger partial charge in [-0.3, -0.25) is 14.5 Å². The summed E-state index contributed by atoms with van der Waals surface area (Å²) in [6.07, 6.45) is 4.29. The largest absolute Gasteiger partial charge is 0.387 e. The summed E-state index contributed by atoms with van der Waals surface area (Å²) in [5.74, 6) is 0.0687. The van der Waals surface area contributed by atoms with Crippen LogP contribution in [0.3, 0.4) is 0 Å². The zero-order valence-corrected chi connectivity index (χ0v) is 19.6. The van der Waals surface area contributed by atoms with Crippen LogP contribution in [0, 0.1) is 18.3 Å². The van der Waals surface area contributed by atoms with Gasteiger partial charge in [-0.05, 0) is 26.8 Å². The van der Waals surface area contributed by atoms with E-state index in [9.17, 15) is 14.3 Å². The van der Waals surface area contributed by atoms with E-state index in [1.54, 1.807) is 30.2 Å². The number of rotatable bonds is 7. The van der Waals surface area contributed by atoms with E-state index >= 15 is 0 Å². The number of halogens is 1. The highest BCUT2D eigenvalue weighted by atomic mass is 19.1. The fourth-order valence-corrected chi connectivity index (χ4v) is 3.39. The molecule has 1 atom stereocenters. The van der Waals surface area contributed by atoms with Crippen LogP contribution in [-0.2, 0) is 7.05 Å². The van der Waals surface area contributed by atoms with Crippen molar-refractivity contribution in [3.05, 3.63) is 53.7 Å². The van der Waals surface area contributed by atoms with Crippen LogP contribution in [0.15, 0.2) is 36.9 Å². The average molecular weight is 478 g/mol. The van der Waals surface area contributed by atoms with Crippen molar-refractivity contribution >= 4 is 23.1 Å². The Kier molecular flexibility index (Phi) is 6.19. The highest BCUT2D eigenvalue weighted by molar-refractivity contribution is 6.00. The van der Waals surface area contributed by atoms with Crippen LogP contribution in [0.1, 0.15) is 35.5 Å². The Morgan fingerprint density at radius 1 is 1.29 bits per heavy atom. The van der Waals surface area contributed by atoms with Crippen molar-refractivity contribution < 1.29 is 14.3 Å². The fraction of sp³-hybridized carbons (Fsp3) is 0.304. The van der Waals surface area contributed by atoms with Gasteiger partial charge in [0.2, 0.25) is 0 Å². The molecule has 11 nitrogen and oxygen atoms in total. The first-order valence-electron chi connectivity index (χ1n) is 10.7. The van der Waals surface area contributed by atoms with Crippen molar-refractivity contribution in [1.82, 2.24) is 34.7 Å². The first-order valence-corrected chi connectivity index (χ1v) is 10.7. The molecule has 0 aliphatic heterocycles. The number of anilines is 2. The van der Waals surface area contributed by atoms with E-state index < -0.39 is 17.7 Å². The van der Waals surface area contributed by atoms with Gasteiger partial charge in [0.25, 0.3) is 5.91 Å². The van der Waals surface area contributed by atoms with Gasteiger partial charge >= 0.3 is 0 Å². The first-order chi connectivity index (χ1) is 16.6. The number of hydrogen-bond donors (Lipinski definition) is 3. The Morgan fingerprint density at radius 2 is 2.06 bits per heavy atom. The number of nitrogens with zero attached hydrogens (tertiary/aromatic N) is 7. The van der Waals surface area contributed by atoms with Crippen molar-refractivity contribution in [2.75, 3.05) is 11.9 Å². The molecular formula is C23H24FN9O2. The van der Waals surface area contributed by atoms with Gasteiger partial charge in [0.05, 0.1) is 58.3 Å². The minimum absolute atomic E-state index is 0.173. The minimum Gasteiger partial charge on any atom is -0.387 e. The van der Waals surface area contributed by atoms with Gasteiger partial charge in [-0.2, -0.15) is 15.5 Å². The number of aryl methyl sites for hydroxylation is 2. The topological polar surface area (TPSA) is 146 Å². The molecule has 0 saturated carbocycles.